The van der Waals surface area contributed by atoms with E-state index in [-0.39, 0.29) is 23.5 Å². The third-order valence-electron chi connectivity index (χ3n) is 3.32. The standard InChI is InChI=1S/C14H19NO3S/c1-2-3-11-4-6-12(7-5-11)14(16)15-13-8-9-19(17,18)10-13/h4-7,13H,2-3,8-10H2,1H3,(H,15,16). The monoisotopic (exact) mass is 281 g/mol. The summed E-state index contributed by atoms with van der Waals surface area (Å²) in [5.74, 6) is 0.0465. The molecule has 1 amide bonds. The molecule has 0 saturated carbocycles. The van der Waals surface area contributed by atoms with Crippen molar-refractivity contribution in [3.05, 3.63) is 35.4 Å². The Kier molecular flexibility index (Phi) is 4.24. The Hall–Kier alpha value is -1.36. The van der Waals surface area contributed by atoms with Crippen LogP contribution in [0.4, 0.5) is 0 Å². The number of hydrogen-bond acceptors (Lipinski definition) is 3. The van der Waals surface area contributed by atoms with E-state index in [1.54, 1.807) is 12.1 Å². The van der Waals surface area contributed by atoms with Crippen molar-refractivity contribution in [2.45, 2.75) is 32.2 Å². The van der Waals surface area contributed by atoms with E-state index in [2.05, 4.69) is 12.2 Å². The summed E-state index contributed by atoms with van der Waals surface area (Å²) in [7, 11) is -2.95. The molecule has 0 radical (unpaired) electrons. The zero-order valence-corrected chi connectivity index (χ0v) is 11.9. The van der Waals surface area contributed by atoms with Gasteiger partial charge in [0.2, 0.25) is 0 Å². The van der Waals surface area contributed by atoms with Gasteiger partial charge in [0.05, 0.1) is 11.5 Å². The van der Waals surface area contributed by atoms with Gasteiger partial charge in [0.25, 0.3) is 5.91 Å². The molecule has 0 spiro atoms. The number of hydrogen-bond donors (Lipinski definition) is 1. The molecule has 1 aromatic rings. The summed E-state index contributed by atoms with van der Waals surface area (Å²) in [5, 5.41) is 2.78. The maximum atomic E-state index is 12.0. The third-order valence-corrected chi connectivity index (χ3v) is 5.09. The van der Waals surface area contributed by atoms with E-state index in [9.17, 15) is 13.2 Å². The van der Waals surface area contributed by atoms with E-state index in [0.717, 1.165) is 12.8 Å². The highest BCUT2D eigenvalue weighted by Gasteiger charge is 2.29. The summed E-state index contributed by atoms with van der Waals surface area (Å²) in [6.45, 7) is 2.11. The second-order valence-electron chi connectivity index (χ2n) is 5.02. The second-order valence-corrected chi connectivity index (χ2v) is 7.25. The first-order chi connectivity index (χ1) is 9.00. The van der Waals surface area contributed by atoms with Crippen LogP contribution >= 0.6 is 0 Å². The van der Waals surface area contributed by atoms with Crippen molar-refractivity contribution < 1.29 is 13.2 Å². The number of carbonyl (C=O) groups excluding carboxylic acids is 1. The van der Waals surface area contributed by atoms with E-state index in [0.29, 0.717) is 12.0 Å². The van der Waals surface area contributed by atoms with Crippen LogP contribution in [0.15, 0.2) is 24.3 Å². The van der Waals surface area contributed by atoms with Gasteiger partial charge in [0.15, 0.2) is 9.84 Å². The van der Waals surface area contributed by atoms with Gasteiger partial charge in [-0.1, -0.05) is 25.5 Å². The Morgan fingerprint density at radius 1 is 1.32 bits per heavy atom. The minimum atomic E-state index is -2.95. The predicted molar refractivity (Wildman–Crippen MR) is 75.0 cm³/mol. The van der Waals surface area contributed by atoms with Crippen LogP contribution < -0.4 is 5.32 Å². The zero-order chi connectivity index (χ0) is 13.9. The Labute approximate surface area is 114 Å². The molecule has 0 bridgehead atoms. The molecule has 1 aliphatic heterocycles. The second kappa shape index (κ2) is 5.74. The van der Waals surface area contributed by atoms with Crippen LogP contribution in [0.25, 0.3) is 0 Å². The van der Waals surface area contributed by atoms with Crippen LogP contribution in [0.2, 0.25) is 0 Å². The predicted octanol–water partition coefficient (Wildman–Crippen LogP) is 1.56. The van der Waals surface area contributed by atoms with Gasteiger partial charge in [-0.15, -0.1) is 0 Å². The molecule has 19 heavy (non-hydrogen) atoms. The summed E-state index contributed by atoms with van der Waals surface area (Å²) in [6.07, 6.45) is 2.59. The lowest BCUT2D eigenvalue weighted by Gasteiger charge is -2.11. The van der Waals surface area contributed by atoms with Gasteiger partial charge in [-0.05, 0) is 30.5 Å². The molecular weight excluding hydrogens is 262 g/mol. The molecule has 104 valence electrons. The molecule has 1 aliphatic rings. The van der Waals surface area contributed by atoms with Gasteiger partial charge < -0.3 is 5.32 Å². The first-order valence-corrected chi connectivity index (χ1v) is 8.42. The van der Waals surface area contributed by atoms with Gasteiger partial charge in [0, 0.05) is 11.6 Å². The highest BCUT2D eigenvalue weighted by molar-refractivity contribution is 7.91. The SMILES string of the molecule is CCCc1ccc(C(=O)NC2CCS(=O)(=O)C2)cc1. The number of aryl methyl sites for hydroxylation is 1. The number of sulfone groups is 1. The molecule has 0 aromatic heterocycles. The molecule has 1 N–H and O–H groups in total. The molecule has 1 unspecified atom stereocenters. The fourth-order valence-electron chi connectivity index (χ4n) is 2.29. The Morgan fingerprint density at radius 2 is 2.00 bits per heavy atom. The largest absolute Gasteiger partial charge is 0.348 e. The average Bonchev–Trinajstić information content (AvgIpc) is 2.70. The van der Waals surface area contributed by atoms with Crippen molar-refractivity contribution in [1.29, 1.82) is 0 Å². The summed E-state index contributed by atoms with van der Waals surface area (Å²) in [4.78, 5) is 12.0. The Bertz CT molecular complexity index is 549. The Balaban J connectivity index is 1.96. The van der Waals surface area contributed by atoms with Gasteiger partial charge in [-0.3, -0.25) is 4.79 Å². The summed E-state index contributed by atoms with van der Waals surface area (Å²) in [5.41, 5.74) is 1.80. The van der Waals surface area contributed by atoms with Crippen LogP contribution in [0.1, 0.15) is 35.7 Å². The number of nitrogens with one attached hydrogen (secondary N) is 1. The minimum absolute atomic E-state index is 0.0622. The van der Waals surface area contributed by atoms with E-state index in [1.165, 1.54) is 5.56 Å². The molecule has 1 heterocycles. The highest BCUT2D eigenvalue weighted by Crippen LogP contribution is 2.13. The number of rotatable bonds is 4. The van der Waals surface area contributed by atoms with E-state index < -0.39 is 9.84 Å². The van der Waals surface area contributed by atoms with E-state index >= 15 is 0 Å². The summed E-state index contributed by atoms with van der Waals surface area (Å²) < 4.78 is 22.6. The highest BCUT2D eigenvalue weighted by atomic mass is 32.2. The van der Waals surface area contributed by atoms with Gasteiger partial charge in [-0.25, -0.2) is 8.42 Å². The maximum absolute atomic E-state index is 12.0. The van der Waals surface area contributed by atoms with Gasteiger partial charge in [-0.2, -0.15) is 0 Å². The minimum Gasteiger partial charge on any atom is -0.348 e. The normalized spacial score (nSPS) is 21.2. The molecule has 0 aliphatic carbocycles. The summed E-state index contributed by atoms with van der Waals surface area (Å²) in [6, 6.07) is 7.24. The van der Waals surface area contributed by atoms with Crippen LogP contribution in [0, 0.1) is 0 Å². The molecule has 1 saturated heterocycles. The number of benzene rings is 1. The van der Waals surface area contributed by atoms with E-state index in [1.807, 2.05) is 12.1 Å². The van der Waals surface area contributed by atoms with Crippen molar-refractivity contribution in [3.8, 4) is 0 Å². The molecule has 1 aromatic carbocycles. The van der Waals surface area contributed by atoms with Gasteiger partial charge in [0.1, 0.15) is 0 Å². The first kappa shape index (κ1) is 14.1. The van der Waals surface area contributed by atoms with Crippen LogP contribution in [-0.4, -0.2) is 31.9 Å². The number of carbonyl (C=O) groups is 1. The van der Waals surface area contributed by atoms with Gasteiger partial charge >= 0.3 is 0 Å². The van der Waals surface area contributed by atoms with Crippen molar-refractivity contribution in [2.24, 2.45) is 0 Å². The molecule has 2 rings (SSSR count). The molecule has 4 nitrogen and oxygen atoms in total. The first-order valence-electron chi connectivity index (χ1n) is 6.60. The molecule has 1 atom stereocenters. The Morgan fingerprint density at radius 3 is 2.53 bits per heavy atom. The van der Waals surface area contributed by atoms with E-state index in [4.69, 9.17) is 0 Å². The lowest BCUT2D eigenvalue weighted by molar-refractivity contribution is 0.0941. The molecule has 1 fully saturated rings. The topological polar surface area (TPSA) is 63.2 Å². The average molecular weight is 281 g/mol. The van der Waals surface area contributed by atoms with Crippen LogP contribution in [0.3, 0.4) is 0 Å². The van der Waals surface area contributed by atoms with Crippen molar-refractivity contribution in [2.75, 3.05) is 11.5 Å². The van der Waals surface area contributed by atoms with Crippen molar-refractivity contribution in [1.82, 2.24) is 5.32 Å². The zero-order valence-electron chi connectivity index (χ0n) is 11.1. The van der Waals surface area contributed by atoms with Crippen LogP contribution in [0.5, 0.6) is 0 Å². The lowest BCUT2D eigenvalue weighted by Crippen LogP contribution is -2.35. The molecule has 5 heteroatoms. The maximum Gasteiger partial charge on any atom is 0.251 e. The number of amides is 1. The fraction of sp³-hybridized carbons (Fsp3) is 0.500. The molecular formula is C14H19NO3S. The van der Waals surface area contributed by atoms with Crippen molar-refractivity contribution >= 4 is 15.7 Å². The third kappa shape index (κ3) is 3.80. The quantitative estimate of drug-likeness (QED) is 0.911. The van der Waals surface area contributed by atoms with Crippen molar-refractivity contribution in [3.63, 3.8) is 0 Å². The fourth-order valence-corrected chi connectivity index (χ4v) is 3.96. The van der Waals surface area contributed by atoms with Crippen LogP contribution in [-0.2, 0) is 16.3 Å². The smallest absolute Gasteiger partial charge is 0.251 e. The summed E-state index contributed by atoms with van der Waals surface area (Å²) >= 11 is 0. The lowest BCUT2D eigenvalue weighted by atomic mass is 10.1.